The molecule has 108 valence electrons. The van der Waals surface area contributed by atoms with E-state index in [1.807, 2.05) is 11.8 Å². The van der Waals surface area contributed by atoms with Gasteiger partial charge in [0.15, 0.2) is 0 Å². The highest BCUT2D eigenvalue weighted by Crippen LogP contribution is 2.29. The Balaban J connectivity index is 2.11. The summed E-state index contributed by atoms with van der Waals surface area (Å²) in [7, 11) is 0. The van der Waals surface area contributed by atoms with Crippen LogP contribution in [0.3, 0.4) is 0 Å². The van der Waals surface area contributed by atoms with Crippen molar-refractivity contribution in [2.24, 2.45) is 5.92 Å². The second kappa shape index (κ2) is 9.18. The molecule has 0 aromatic rings. The highest BCUT2D eigenvalue weighted by Gasteiger charge is 2.26. The van der Waals surface area contributed by atoms with Crippen LogP contribution in [0, 0.1) is 5.92 Å². The molecule has 4 heteroatoms. The Kier molecular flexibility index (Phi) is 8.31. The van der Waals surface area contributed by atoms with E-state index in [4.69, 9.17) is 4.74 Å². The predicted molar refractivity (Wildman–Crippen MR) is 79.2 cm³/mol. The summed E-state index contributed by atoms with van der Waals surface area (Å²) in [5.41, 5.74) is 0. The van der Waals surface area contributed by atoms with Crippen molar-refractivity contribution in [3.05, 3.63) is 0 Å². The summed E-state index contributed by atoms with van der Waals surface area (Å²) in [6.07, 6.45) is 3.50. The van der Waals surface area contributed by atoms with Crippen molar-refractivity contribution in [1.82, 2.24) is 5.32 Å². The maximum Gasteiger partial charge on any atom is 0.0897 e. The van der Waals surface area contributed by atoms with Gasteiger partial charge in [-0.05, 0) is 24.5 Å². The van der Waals surface area contributed by atoms with E-state index in [1.165, 1.54) is 25.0 Å². The lowest BCUT2D eigenvalue weighted by atomic mass is 10.2. The molecule has 1 fully saturated rings. The number of aliphatic hydroxyl groups excluding tert-OH is 1. The molecule has 3 unspecified atom stereocenters. The lowest BCUT2D eigenvalue weighted by Crippen LogP contribution is -2.40. The van der Waals surface area contributed by atoms with E-state index in [1.54, 1.807) is 0 Å². The van der Waals surface area contributed by atoms with Gasteiger partial charge in [-0.1, -0.05) is 27.2 Å². The Morgan fingerprint density at radius 2 is 2.11 bits per heavy atom. The fourth-order valence-corrected chi connectivity index (χ4v) is 3.59. The third kappa shape index (κ3) is 6.41. The molecule has 18 heavy (non-hydrogen) atoms. The zero-order valence-electron chi connectivity index (χ0n) is 12.0. The number of rotatable bonds is 9. The van der Waals surface area contributed by atoms with Crippen LogP contribution in [-0.2, 0) is 4.74 Å². The number of ether oxygens (including phenoxy) is 1. The Bertz CT molecular complexity index is 214. The molecular weight excluding hydrogens is 246 g/mol. The summed E-state index contributed by atoms with van der Waals surface area (Å²) in [6, 6.07) is 0.578. The highest BCUT2D eigenvalue weighted by atomic mass is 32.2. The summed E-state index contributed by atoms with van der Waals surface area (Å²) < 4.78 is 5.45. The van der Waals surface area contributed by atoms with Crippen LogP contribution in [0.5, 0.6) is 0 Å². The summed E-state index contributed by atoms with van der Waals surface area (Å²) in [5, 5.41) is 14.1. The van der Waals surface area contributed by atoms with Gasteiger partial charge in [-0.25, -0.2) is 0 Å². The summed E-state index contributed by atoms with van der Waals surface area (Å²) in [5.74, 6) is 1.72. The van der Waals surface area contributed by atoms with Crippen LogP contribution in [0.25, 0.3) is 0 Å². The topological polar surface area (TPSA) is 41.5 Å². The van der Waals surface area contributed by atoms with Gasteiger partial charge in [0.25, 0.3) is 0 Å². The molecule has 0 aliphatic heterocycles. The van der Waals surface area contributed by atoms with E-state index in [-0.39, 0.29) is 6.10 Å². The number of nitrogens with one attached hydrogen (secondary N) is 1. The molecular formula is C14H29NO2S. The fraction of sp³-hybridized carbons (Fsp3) is 1.00. The molecule has 0 saturated heterocycles. The molecule has 1 aliphatic carbocycles. The molecule has 3 atom stereocenters. The van der Waals surface area contributed by atoms with Crippen LogP contribution in [0.2, 0.25) is 0 Å². The molecule has 1 rings (SSSR count). The van der Waals surface area contributed by atoms with Crippen LogP contribution in [0.4, 0.5) is 0 Å². The van der Waals surface area contributed by atoms with Crippen LogP contribution in [0.15, 0.2) is 0 Å². The van der Waals surface area contributed by atoms with Crippen molar-refractivity contribution < 1.29 is 9.84 Å². The molecule has 2 N–H and O–H groups in total. The van der Waals surface area contributed by atoms with E-state index in [0.29, 0.717) is 25.1 Å². The van der Waals surface area contributed by atoms with E-state index < -0.39 is 0 Å². The zero-order chi connectivity index (χ0) is 13.4. The van der Waals surface area contributed by atoms with Gasteiger partial charge in [0.1, 0.15) is 0 Å². The minimum absolute atomic E-state index is 0.378. The lowest BCUT2D eigenvalue weighted by molar-refractivity contribution is 0.0251. The number of aliphatic hydroxyl groups is 1. The average Bonchev–Trinajstić information content (AvgIpc) is 2.74. The second-order valence-corrected chi connectivity index (χ2v) is 7.04. The maximum absolute atomic E-state index is 9.84. The van der Waals surface area contributed by atoms with Crippen molar-refractivity contribution in [3.8, 4) is 0 Å². The van der Waals surface area contributed by atoms with E-state index in [9.17, 15) is 5.11 Å². The number of thioether (sulfide) groups is 1. The van der Waals surface area contributed by atoms with Crippen LogP contribution >= 0.6 is 11.8 Å². The van der Waals surface area contributed by atoms with Crippen molar-refractivity contribution in [2.45, 2.75) is 57.4 Å². The predicted octanol–water partition coefficient (Wildman–Crippen LogP) is 2.28. The third-order valence-corrected chi connectivity index (χ3v) is 4.54. The normalized spacial score (nSPS) is 25.8. The zero-order valence-corrected chi connectivity index (χ0v) is 12.8. The van der Waals surface area contributed by atoms with E-state index >= 15 is 0 Å². The first kappa shape index (κ1) is 16.3. The molecule has 0 amide bonds. The maximum atomic E-state index is 9.84. The standard InChI is InChI=1S/C14H29NO2S/c1-4-18-14-7-5-6-13(14)15-8-12(16)10-17-9-11(2)3/h11-16H,4-10H2,1-3H3. The first-order chi connectivity index (χ1) is 8.63. The quantitative estimate of drug-likeness (QED) is 0.677. The number of hydrogen-bond donors (Lipinski definition) is 2. The average molecular weight is 275 g/mol. The largest absolute Gasteiger partial charge is 0.389 e. The molecule has 0 aromatic carbocycles. The molecule has 3 nitrogen and oxygen atoms in total. The molecule has 0 bridgehead atoms. The highest BCUT2D eigenvalue weighted by molar-refractivity contribution is 7.99. The Hall–Kier alpha value is 0.230. The monoisotopic (exact) mass is 275 g/mol. The minimum Gasteiger partial charge on any atom is -0.389 e. The smallest absolute Gasteiger partial charge is 0.0897 e. The van der Waals surface area contributed by atoms with Gasteiger partial charge in [-0.15, -0.1) is 0 Å². The molecule has 0 heterocycles. The van der Waals surface area contributed by atoms with Gasteiger partial charge >= 0.3 is 0 Å². The number of hydrogen-bond acceptors (Lipinski definition) is 4. The molecule has 0 aromatic heterocycles. The lowest BCUT2D eigenvalue weighted by Gasteiger charge is -2.22. The third-order valence-electron chi connectivity index (χ3n) is 3.21. The SMILES string of the molecule is CCSC1CCCC1NCC(O)COCC(C)C. The fourth-order valence-electron chi connectivity index (χ4n) is 2.36. The summed E-state index contributed by atoms with van der Waals surface area (Å²) >= 11 is 2.05. The molecule has 0 spiro atoms. The van der Waals surface area contributed by atoms with Crippen LogP contribution in [0.1, 0.15) is 40.0 Å². The van der Waals surface area contributed by atoms with Gasteiger partial charge in [0, 0.05) is 24.4 Å². The van der Waals surface area contributed by atoms with Gasteiger partial charge in [0.2, 0.25) is 0 Å². The first-order valence-electron chi connectivity index (χ1n) is 7.24. The van der Waals surface area contributed by atoms with Crippen molar-refractivity contribution in [2.75, 3.05) is 25.5 Å². The van der Waals surface area contributed by atoms with E-state index in [0.717, 1.165) is 11.9 Å². The molecule has 0 radical (unpaired) electrons. The summed E-state index contributed by atoms with van der Waals surface area (Å²) in [4.78, 5) is 0. The minimum atomic E-state index is -0.378. The van der Waals surface area contributed by atoms with E-state index in [2.05, 4.69) is 26.1 Å². The summed E-state index contributed by atoms with van der Waals surface area (Å²) in [6.45, 7) is 8.29. The second-order valence-electron chi connectivity index (χ2n) is 5.52. The first-order valence-corrected chi connectivity index (χ1v) is 8.29. The van der Waals surface area contributed by atoms with Crippen LogP contribution in [-0.4, -0.2) is 48.0 Å². The Morgan fingerprint density at radius 1 is 1.33 bits per heavy atom. The van der Waals surface area contributed by atoms with Crippen LogP contribution < -0.4 is 5.32 Å². The van der Waals surface area contributed by atoms with Crippen molar-refractivity contribution in [1.29, 1.82) is 0 Å². The Morgan fingerprint density at radius 3 is 2.78 bits per heavy atom. The van der Waals surface area contributed by atoms with Crippen molar-refractivity contribution >= 4 is 11.8 Å². The molecule has 1 aliphatic rings. The van der Waals surface area contributed by atoms with Gasteiger partial charge in [-0.3, -0.25) is 0 Å². The van der Waals surface area contributed by atoms with Gasteiger partial charge < -0.3 is 15.2 Å². The Labute approximate surface area is 116 Å². The van der Waals surface area contributed by atoms with Crippen molar-refractivity contribution in [3.63, 3.8) is 0 Å². The molecule has 1 saturated carbocycles. The van der Waals surface area contributed by atoms with Gasteiger partial charge in [0.05, 0.1) is 12.7 Å². The van der Waals surface area contributed by atoms with Gasteiger partial charge in [-0.2, -0.15) is 11.8 Å².